The van der Waals surface area contributed by atoms with E-state index in [0.29, 0.717) is 24.5 Å². The Morgan fingerprint density at radius 1 is 1.39 bits per heavy atom. The Morgan fingerprint density at radius 2 is 2.22 bits per heavy atom. The van der Waals surface area contributed by atoms with Gasteiger partial charge in [0.2, 0.25) is 0 Å². The molecule has 1 aromatic heterocycles. The van der Waals surface area contributed by atoms with Gasteiger partial charge in [0.15, 0.2) is 0 Å². The molecule has 4 nitrogen and oxygen atoms in total. The van der Waals surface area contributed by atoms with E-state index in [-0.39, 0.29) is 17.9 Å². The van der Waals surface area contributed by atoms with Crippen LogP contribution in [0.4, 0.5) is 0 Å². The van der Waals surface area contributed by atoms with Crippen molar-refractivity contribution in [3.05, 3.63) is 46.4 Å². The lowest BCUT2D eigenvalue weighted by Crippen LogP contribution is -2.48. The number of esters is 1. The lowest BCUT2D eigenvalue weighted by Gasteiger charge is -2.56. The van der Waals surface area contributed by atoms with Crippen molar-refractivity contribution in [1.82, 2.24) is 4.57 Å². The van der Waals surface area contributed by atoms with Gasteiger partial charge in [-0.2, -0.15) is 0 Å². The number of fused-ring (bicyclic) bond motifs is 1. The summed E-state index contributed by atoms with van der Waals surface area (Å²) < 4.78 is 6.87. The van der Waals surface area contributed by atoms with Crippen LogP contribution in [-0.2, 0) is 16.1 Å². The Balaban J connectivity index is 1.41. The minimum absolute atomic E-state index is 0.0885. The molecular weight excluding hydrogens is 290 g/mol. The van der Waals surface area contributed by atoms with Gasteiger partial charge in [-0.05, 0) is 36.2 Å². The Hall–Kier alpha value is -1.84. The van der Waals surface area contributed by atoms with E-state index >= 15 is 0 Å². The topological polar surface area (TPSA) is 48.3 Å². The number of hydrogen-bond acceptors (Lipinski definition) is 3. The second-order valence-corrected chi connectivity index (χ2v) is 7.27. The van der Waals surface area contributed by atoms with Gasteiger partial charge in [-0.15, -0.1) is 0 Å². The lowest BCUT2D eigenvalue weighted by atomic mass is 9.48. The van der Waals surface area contributed by atoms with Crippen molar-refractivity contribution in [1.29, 1.82) is 0 Å². The molecule has 3 aliphatic rings. The Kier molecular flexibility index (Phi) is 4.42. The van der Waals surface area contributed by atoms with Gasteiger partial charge in [-0.1, -0.05) is 31.6 Å². The molecular formula is C19H25NO3. The molecule has 1 saturated carbocycles. The van der Waals surface area contributed by atoms with Gasteiger partial charge < -0.3 is 9.30 Å². The molecule has 1 fully saturated rings. The number of hydrogen-bond donors (Lipinski definition) is 0. The molecule has 23 heavy (non-hydrogen) atoms. The SMILES string of the molecule is CC1(C)[C@H]2CC=C(CCOC(=O)CCn3ccccc3=O)[C@@H]1C2. The summed E-state index contributed by atoms with van der Waals surface area (Å²) in [5.41, 5.74) is 1.79. The molecule has 3 aliphatic carbocycles. The third-order valence-electron chi connectivity index (χ3n) is 5.69. The molecule has 124 valence electrons. The number of allylic oxidation sites excluding steroid dienone is 1. The predicted octanol–water partition coefficient (Wildman–Crippen LogP) is 3.16. The van der Waals surface area contributed by atoms with E-state index in [1.165, 1.54) is 29.0 Å². The van der Waals surface area contributed by atoms with Crippen LogP contribution >= 0.6 is 0 Å². The van der Waals surface area contributed by atoms with Crippen molar-refractivity contribution in [2.45, 2.75) is 46.1 Å². The second-order valence-electron chi connectivity index (χ2n) is 7.27. The van der Waals surface area contributed by atoms with Crippen molar-refractivity contribution in [3.63, 3.8) is 0 Å². The molecule has 0 spiro atoms. The van der Waals surface area contributed by atoms with Crippen molar-refractivity contribution in [3.8, 4) is 0 Å². The number of pyridine rings is 1. The molecule has 0 aliphatic heterocycles. The number of aromatic nitrogens is 1. The zero-order valence-corrected chi connectivity index (χ0v) is 14.0. The molecule has 0 radical (unpaired) electrons. The zero-order chi connectivity index (χ0) is 16.4. The highest BCUT2D eigenvalue weighted by Gasteiger charge is 2.50. The van der Waals surface area contributed by atoms with E-state index in [1.807, 2.05) is 0 Å². The highest BCUT2D eigenvalue weighted by atomic mass is 16.5. The third kappa shape index (κ3) is 3.26. The largest absolute Gasteiger partial charge is 0.465 e. The summed E-state index contributed by atoms with van der Waals surface area (Å²) in [5.74, 6) is 1.27. The van der Waals surface area contributed by atoms with Gasteiger partial charge >= 0.3 is 5.97 Å². The molecule has 4 rings (SSSR count). The fraction of sp³-hybridized carbons (Fsp3) is 0.579. The van der Waals surface area contributed by atoms with E-state index in [2.05, 4.69) is 19.9 Å². The molecule has 2 atom stereocenters. The summed E-state index contributed by atoms with van der Waals surface area (Å²) in [6.45, 7) is 5.52. The fourth-order valence-corrected chi connectivity index (χ4v) is 3.97. The molecule has 0 unspecified atom stereocenters. The van der Waals surface area contributed by atoms with Gasteiger partial charge in [-0.3, -0.25) is 9.59 Å². The monoisotopic (exact) mass is 315 g/mol. The summed E-state index contributed by atoms with van der Waals surface area (Å²) in [5, 5.41) is 0. The van der Waals surface area contributed by atoms with Crippen molar-refractivity contribution in [2.24, 2.45) is 17.3 Å². The van der Waals surface area contributed by atoms with E-state index in [0.717, 1.165) is 12.3 Å². The first-order chi connectivity index (χ1) is 11.0. The first-order valence-corrected chi connectivity index (χ1v) is 8.48. The van der Waals surface area contributed by atoms with Crippen LogP contribution in [0.1, 0.15) is 39.5 Å². The van der Waals surface area contributed by atoms with Crippen molar-refractivity contribution in [2.75, 3.05) is 6.61 Å². The number of aryl methyl sites for hydroxylation is 1. The average molecular weight is 315 g/mol. The number of ether oxygens (including phenoxy) is 1. The molecule has 0 aromatic carbocycles. The van der Waals surface area contributed by atoms with Gasteiger partial charge in [0, 0.05) is 25.2 Å². The molecule has 1 aromatic rings. The third-order valence-corrected chi connectivity index (χ3v) is 5.69. The maximum Gasteiger partial charge on any atom is 0.307 e. The number of nitrogens with zero attached hydrogens (tertiary/aromatic N) is 1. The quantitative estimate of drug-likeness (QED) is 0.598. The maximum atomic E-state index is 11.8. The minimum atomic E-state index is -0.233. The standard InChI is InChI=1S/C19H25NO3/c1-19(2)15-7-6-14(16(19)13-15)9-12-23-18(22)8-11-20-10-4-3-5-17(20)21/h3-6,10,15-16H,7-9,11-13H2,1-2H3/t15-,16-/m0/s1. The summed E-state index contributed by atoms with van der Waals surface area (Å²) >= 11 is 0. The van der Waals surface area contributed by atoms with Crippen LogP contribution in [0.5, 0.6) is 0 Å². The fourth-order valence-electron chi connectivity index (χ4n) is 3.97. The van der Waals surface area contributed by atoms with Gasteiger partial charge in [-0.25, -0.2) is 0 Å². The van der Waals surface area contributed by atoms with Crippen molar-refractivity contribution >= 4 is 5.97 Å². The zero-order valence-electron chi connectivity index (χ0n) is 14.0. The number of carbonyl (C=O) groups is 1. The minimum Gasteiger partial charge on any atom is -0.465 e. The highest BCUT2D eigenvalue weighted by molar-refractivity contribution is 5.69. The Labute approximate surface area is 137 Å². The van der Waals surface area contributed by atoms with E-state index in [9.17, 15) is 9.59 Å². The van der Waals surface area contributed by atoms with Crippen LogP contribution in [0.15, 0.2) is 40.8 Å². The smallest absolute Gasteiger partial charge is 0.307 e. The maximum absolute atomic E-state index is 11.8. The molecule has 1 heterocycles. The van der Waals surface area contributed by atoms with Gasteiger partial charge in [0.1, 0.15) is 0 Å². The number of carbonyl (C=O) groups excluding carboxylic acids is 1. The molecule has 0 saturated heterocycles. The highest BCUT2D eigenvalue weighted by Crippen LogP contribution is 2.59. The van der Waals surface area contributed by atoms with Gasteiger partial charge in [0.25, 0.3) is 5.56 Å². The first-order valence-electron chi connectivity index (χ1n) is 8.48. The average Bonchev–Trinajstić information content (AvgIpc) is 2.54. The van der Waals surface area contributed by atoms with Crippen molar-refractivity contribution < 1.29 is 9.53 Å². The molecule has 4 heteroatoms. The van der Waals surface area contributed by atoms with Crippen LogP contribution in [0.25, 0.3) is 0 Å². The summed E-state index contributed by atoms with van der Waals surface area (Å²) in [4.78, 5) is 23.4. The summed E-state index contributed by atoms with van der Waals surface area (Å²) in [7, 11) is 0. The van der Waals surface area contributed by atoms with E-state index < -0.39 is 0 Å². The Morgan fingerprint density at radius 3 is 2.91 bits per heavy atom. The lowest BCUT2D eigenvalue weighted by molar-refractivity contribution is -0.144. The van der Waals surface area contributed by atoms with E-state index in [4.69, 9.17) is 4.74 Å². The van der Waals surface area contributed by atoms with Crippen LogP contribution in [0.2, 0.25) is 0 Å². The van der Waals surface area contributed by atoms with Gasteiger partial charge in [0.05, 0.1) is 13.0 Å². The van der Waals surface area contributed by atoms with Crippen LogP contribution < -0.4 is 5.56 Å². The molecule has 0 amide bonds. The Bertz CT molecular complexity index is 671. The van der Waals surface area contributed by atoms with Crippen LogP contribution in [0.3, 0.4) is 0 Å². The van der Waals surface area contributed by atoms with Crippen LogP contribution in [-0.4, -0.2) is 17.1 Å². The first kappa shape index (κ1) is 16.0. The molecule has 2 bridgehead atoms. The molecule has 0 N–H and O–H groups in total. The number of rotatable bonds is 6. The summed E-state index contributed by atoms with van der Waals surface area (Å²) in [6.07, 6.45) is 7.59. The summed E-state index contributed by atoms with van der Waals surface area (Å²) in [6, 6.07) is 4.98. The predicted molar refractivity (Wildman–Crippen MR) is 89.0 cm³/mol. The second kappa shape index (κ2) is 6.34. The van der Waals surface area contributed by atoms with Crippen LogP contribution in [0, 0.1) is 17.3 Å². The normalized spacial score (nSPS) is 24.5. The van der Waals surface area contributed by atoms with E-state index in [1.54, 1.807) is 18.3 Å².